The van der Waals surface area contributed by atoms with Crippen molar-refractivity contribution in [1.82, 2.24) is 25.2 Å². The van der Waals surface area contributed by atoms with Crippen LogP contribution in [0.5, 0.6) is 5.75 Å². The third-order valence-electron chi connectivity index (χ3n) is 3.70. The molecule has 2 heterocycles. The van der Waals surface area contributed by atoms with E-state index in [0.29, 0.717) is 19.0 Å². The molecule has 0 aliphatic rings. The number of rotatable bonds is 5. The Morgan fingerprint density at radius 2 is 2.00 bits per heavy atom. The summed E-state index contributed by atoms with van der Waals surface area (Å²) in [5, 5.41) is 14.9. The number of nitrogens with zero attached hydrogens (tertiary/aromatic N) is 4. The van der Waals surface area contributed by atoms with Crippen molar-refractivity contribution < 1.29 is 4.74 Å². The Kier molecular flexibility index (Phi) is 7.64. The maximum Gasteiger partial charge on any atom is 0.191 e. The fraction of sp³-hybridized carbons (Fsp3) is 0.235. The number of fused-ring (bicyclic) bond motifs is 1. The maximum absolute atomic E-state index is 5.24. The zero-order valence-electron chi connectivity index (χ0n) is 14.4. The molecule has 0 unspecified atom stereocenters. The van der Waals surface area contributed by atoms with Crippen LogP contribution in [-0.2, 0) is 13.1 Å². The number of pyridine rings is 1. The average Bonchev–Trinajstić information content (AvgIpc) is 3.05. The molecule has 9 heteroatoms. The quantitative estimate of drug-likeness (QED) is 0.301. The van der Waals surface area contributed by atoms with E-state index >= 15 is 0 Å². The molecule has 0 spiro atoms. The molecule has 0 aliphatic heterocycles. The molecule has 0 fully saturated rings. The van der Waals surface area contributed by atoms with Crippen LogP contribution in [0.4, 0.5) is 0 Å². The minimum absolute atomic E-state index is 0. The molecule has 26 heavy (non-hydrogen) atoms. The summed E-state index contributed by atoms with van der Waals surface area (Å²) in [6.45, 7) is 1.17. The van der Waals surface area contributed by atoms with Crippen LogP contribution >= 0.6 is 39.9 Å². The van der Waals surface area contributed by atoms with Gasteiger partial charge in [-0.2, -0.15) is 0 Å². The molecule has 0 saturated carbocycles. The van der Waals surface area contributed by atoms with Gasteiger partial charge in [0, 0.05) is 19.8 Å². The van der Waals surface area contributed by atoms with Crippen molar-refractivity contribution in [2.75, 3.05) is 14.2 Å². The van der Waals surface area contributed by atoms with Crippen molar-refractivity contribution in [3.8, 4) is 5.75 Å². The summed E-state index contributed by atoms with van der Waals surface area (Å²) < 4.78 is 8.11. The Morgan fingerprint density at radius 1 is 1.19 bits per heavy atom. The summed E-state index contributed by atoms with van der Waals surface area (Å²) in [4.78, 5) is 4.24. The third kappa shape index (κ3) is 4.85. The lowest BCUT2D eigenvalue weighted by atomic mass is 10.2. The number of methoxy groups -OCH3 is 1. The first-order valence-corrected chi connectivity index (χ1v) is 8.56. The Labute approximate surface area is 177 Å². The van der Waals surface area contributed by atoms with Crippen LogP contribution in [0.2, 0.25) is 0 Å². The number of aromatic nitrogens is 3. The summed E-state index contributed by atoms with van der Waals surface area (Å²) >= 11 is 3.49. The zero-order valence-corrected chi connectivity index (χ0v) is 18.4. The van der Waals surface area contributed by atoms with E-state index in [1.165, 1.54) is 0 Å². The summed E-state index contributed by atoms with van der Waals surface area (Å²) in [5.41, 5.74) is 1.94. The number of halogens is 2. The predicted octanol–water partition coefficient (Wildman–Crippen LogP) is 2.98. The lowest BCUT2D eigenvalue weighted by molar-refractivity contribution is 0.412. The molecule has 0 saturated heterocycles. The molecular formula is C17H20BrIN6O. The lowest BCUT2D eigenvalue weighted by Gasteiger charge is -2.12. The molecule has 0 radical (unpaired) electrons. The summed E-state index contributed by atoms with van der Waals surface area (Å²) in [6, 6.07) is 11.8. The number of hydrogen-bond acceptors (Lipinski definition) is 4. The molecule has 2 N–H and O–H groups in total. The van der Waals surface area contributed by atoms with Crippen molar-refractivity contribution in [2.45, 2.75) is 13.1 Å². The molecule has 1 aromatic carbocycles. The van der Waals surface area contributed by atoms with Gasteiger partial charge in [-0.3, -0.25) is 9.39 Å². The van der Waals surface area contributed by atoms with Crippen molar-refractivity contribution >= 4 is 51.5 Å². The van der Waals surface area contributed by atoms with Crippen molar-refractivity contribution in [2.24, 2.45) is 4.99 Å². The van der Waals surface area contributed by atoms with Crippen LogP contribution in [0.25, 0.3) is 5.65 Å². The number of ether oxygens (including phenoxy) is 1. The predicted molar refractivity (Wildman–Crippen MR) is 116 cm³/mol. The summed E-state index contributed by atoms with van der Waals surface area (Å²) in [5.74, 6) is 2.33. The van der Waals surface area contributed by atoms with Crippen LogP contribution in [0.1, 0.15) is 11.4 Å². The minimum Gasteiger partial charge on any atom is -0.496 e. The smallest absolute Gasteiger partial charge is 0.191 e. The topological polar surface area (TPSA) is 75.8 Å². The van der Waals surface area contributed by atoms with Crippen molar-refractivity contribution in [3.05, 3.63) is 58.5 Å². The van der Waals surface area contributed by atoms with Crippen LogP contribution in [0.15, 0.2) is 52.1 Å². The van der Waals surface area contributed by atoms with Gasteiger partial charge in [-0.25, -0.2) is 0 Å². The Bertz CT molecular complexity index is 898. The molecule has 138 valence electrons. The number of nitrogens with one attached hydrogen (secondary N) is 2. The Morgan fingerprint density at radius 3 is 2.73 bits per heavy atom. The number of hydrogen-bond donors (Lipinski definition) is 2. The van der Waals surface area contributed by atoms with Gasteiger partial charge < -0.3 is 15.4 Å². The van der Waals surface area contributed by atoms with E-state index in [0.717, 1.165) is 27.3 Å². The van der Waals surface area contributed by atoms with Crippen LogP contribution in [0, 0.1) is 0 Å². The molecule has 3 rings (SSSR count). The second-order valence-electron chi connectivity index (χ2n) is 5.29. The van der Waals surface area contributed by atoms with E-state index < -0.39 is 0 Å². The van der Waals surface area contributed by atoms with Gasteiger partial charge in [0.1, 0.15) is 5.75 Å². The fourth-order valence-corrected chi connectivity index (χ4v) is 2.99. The van der Waals surface area contributed by atoms with Gasteiger partial charge in [-0.05, 0) is 45.8 Å². The fourth-order valence-electron chi connectivity index (χ4n) is 2.40. The monoisotopic (exact) mass is 530 g/mol. The summed E-state index contributed by atoms with van der Waals surface area (Å²) in [6.07, 6.45) is 1.94. The standard InChI is InChI=1S/C17H19BrN6O.HI/c1-19-17(20-10-12-6-7-14(25-2)13(18)9-12)21-11-16-23-22-15-5-3-4-8-24(15)16;/h3-9H,10-11H2,1-2H3,(H2,19,20,21);1H. The number of guanidine groups is 1. The molecule has 3 aromatic rings. The van der Waals surface area contributed by atoms with Crippen LogP contribution < -0.4 is 15.4 Å². The van der Waals surface area contributed by atoms with E-state index in [1.54, 1.807) is 14.2 Å². The van der Waals surface area contributed by atoms with E-state index in [1.807, 2.05) is 47.0 Å². The Hall–Kier alpha value is -1.88. The van der Waals surface area contributed by atoms with E-state index in [-0.39, 0.29) is 24.0 Å². The molecule has 7 nitrogen and oxygen atoms in total. The van der Waals surface area contributed by atoms with Gasteiger partial charge in [-0.15, -0.1) is 34.2 Å². The van der Waals surface area contributed by atoms with Gasteiger partial charge in [0.2, 0.25) is 0 Å². The largest absolute Gasteiger partial charge is 0.496 e. The van der Waals surface area contributed by atoms with Crippen molar-refractivity contribution in [1.29, 1.82) is 0 Å². The highest BCUT2D eigenvalue weighted by Gasteiger charge is 2.06. The average molecular weight is 531 g/mol. The van der Waals surface area contributed by atoms with Gasteiger partial charge in [0.05, 0.1) is 18.1 Å². The van der Waals surface area contributed by atoms with Crippen molar-refractivity contribution in [3.63, 3.8) is 0 Å². The molecule has 0 bridgehead atoms. The number of aliphatic imine (C=N–C) groups is 1. The van der Waals surface area contributed by atoms with Gasteiger partial charge in [0.15, 0.2) is 17.4 Å². The highest BCUT2D eigenvalue weighted by Crippen LogP contribution is 2.25. The van der Waals surface area contributed by atoms with E-state index in [9.17, 15) is 0 Å². The van der Waals surface area contributed by atoms with Gasteiger partial charge in [0.25, 0.3) is 0 Å². The zero-order chi connectivity index (χ0) is 17.6. The van der Waals surface area contributed by atoms with Crippen LogP contribution in [0.3, 0.4) is 0 Å². The van der Waals surface area contributed by atoms with E-state index in [2.05, 4.69) is 41.8 Å². The second-order valence-corrected chi connectivity index (χ2v) is 6.15. The SMILES string of the molecule is CN=C(NCc1ccc(OC)c(Br)c1)NCc1nnc2ccccn12.I. The first-order valence-electron chi connectivity index (χ1n) is 7.77. The first-order chi connectivity index (χ1) is 12.2. The highest BCUT2D eigenvalue weighted by atomic mass is 127. The highest BCUT2D eigenvalue weighted by molar-refractivity contribution is 14.0. The van der Waals surface area contributed by atoms with Gasteiger partial charge in [-0.1, -0.05) is 12.1 Å². The summed E-state index contributed by atoms with van der Waals surface area (Å²) in [7, 11) is 3.39. The van der Waals surface area contributed by atoms with E-state index in [4.69, 9.17) is 4.74 Å². The normalized spacial score (nSPS) is 11.1. The van der Waals surface area contributed by atoms with Gasteiger partial charge >= 0.3 is 0 Å². The molecule has 0 atom stereocenters. The molecular weight excluding hydrogens is 511 g/mol. The van der Waals surface area contributed by atoms with Crippen LogP contribution in [-0.4, -0.2) is 34.7 Å². The Balaban J connectivity index is 0.00000243. The third-order valence-corrected chi connectivity index (χ3v) is 4.32. The molecule has 2 aromatic heterocycles. The number of benzene rings is 1. The molecule has 0 amide bonds. The molecule has 0 aliphatic carbocycles. The first kappa shape index (κ1) is 20.4. The minimum atomic E-state index is 0. The lowest BCUT2D eigenvalue weighted by Crippen LogP contribution is -2.36. The second kappa shape index (κ2) is 9.72. The maximum atomic E-state index is 5.24.